The maximum atomic E-state index is 13.0. The summed E-state index contributed by atoms with van der Waals surface area (Å²) in [6.07, 6.45) is 0.935. The second kappa shape index (κ2) is 10.6. The maximum absolute atomic E-state index is 13.0. The van der Waals surface area contributed by atoms with Gasteiger partial charge in [-0.1, -0.05) is 55.8 Å². The van der Waals surface area contributed by atoms with E-state index in [1.165, 1.54) is 4.88 Å². The Morgan fingerprint density at radius 3 is 2.44 bits per heavy atom. The molecule has 0 aliphatic carbocycles. The molecule has 1 fully saturated rings. The highest BCUT2D eigenvalue weighted by Crippen LogP contribution is 2.40. The molecule has 4 nitrogen and oxygen atoms in total. The number of thiophene rings is 1. The van der Waals surface area contributed by atoms with Crippen LogP contribution in [-0.4, -0.2) is 48.4 Å². The van der Waals surface area contributed by atoms with Gasteiger partial charge in [0, 0.05) is 47.2 Å². The second-order valence-electron chi connectivity index (χ2n) is 8.10. The van der Waals surface area contributed by atoms with Crippen molar-refractivity contribution in [3.8, 4) is 0 Å². The van der Waals surface area contributed by atoms with Crippen LogP contribution in [0, 0.1) is 0 Å². The highest BCUT2D eigenvalue weighted by molar-refractivity contribution is 7.16. The van der Waals surface area contributed by atoms with Crippen molar-refractivity contribution >= 4 is 33.8 Å². The number of aryl methyl sites for hydroxylation is 1. The van der Waals surface area contributed by atoms with Crippen molar-refractivity contribution in [1.82, 2.24) is 9.80 Å². The van der Waals surface area contributed by atoms with E-state index in [4.69, 9.17) is 11.6 Å². The minimum Gasteiger partial charge on any atom is -0.313 e. The van der Waals surface area contributed by atoms with E-state index in [-0.39, 0.29) is 11.9 Å². The Morgan fingerprint density at radius 2 is 1.78 bits per heavy atom. The first kappa shape index (κ1) is 23.0. The smallest absolute Gasteiger partial charge is 0.256 e. The molecule has 1 aliphatic rings. The Morgan fingerprint density at radius 1 is 1.03 bits per heavy atom. The van der Waals surface area contributed by atoms with Crippen molar-refractivity contribution in [3.05, 3.63) is 87.3 Å². The Bertz CT molecular complexity index is 1040. The van der Waals surface area contributed by atoms with Crippen LogP contribution in [0.3, 0.4) is 0 Å². The minimum absolute atomic E-state index is 0.0512. The fraction of sp³-hybridized carbons (Fsp3) is 0.346. The maximum Gasteiger partial charge on any atom is 0.256 e. The fourth-order valence-corrected chi connectivity index (χ4v) is 5.52. The summed E-state index contributed by atoms with van der Waals surface area (Å²) >= 11 is 8.08. The van der Waals surface area contributed by atoms with Crippen molar-refractivity contribution in [3.63, 3.8) is 0 Å². The number of amides is 1. The number of nitrogens with zero attached hydrogens (tertiary/aromatic N) is 2. The van der Waals surface area contributed by atoms with E-state index in [0.717, 1.165) is 60.3 Å². The van der Waals surface area contributed by atoms with Gasteiger partial charge in [-0.05, 0) is 48.9 Å². The van der Waals surface area contributed by atoms with Gasteiger partial charge in [-0.3, -0.25) is 9.69 Å². The Hall–Kier alpha value is -2.18. The number of anilines is 1. The van der Waals surface area contributed by atoms with Gasteiger partial charge in [-0.2, -0.15) is 0 Å². The Balaban J connectivity index is 1.72. The highest BCUT2D eigenvalue weighted by atomic mass is 35.5. The molecule has 1 aliphatic heterocycles. The SMILES string of the molecule is CCc1cc([C@@H](c2cccc(Cl)c2)N2CCN(CC)CC2)c(NC(=O)c2ccccc2)s1. The molecule has 2 heterocycles. The number of carbonyl (C=O) groups excluding carboxylic acids is 1. The molecule has 3 aromatic rings. The lowest BCUT2D eigenvalue weighted by molar-refractivity contribution is 0.102. The molecule has 1 saturated heterocycles. The summed E-state index contributed by atoms with van der Waals surface area (Å²) in [7, 11) is 0. The number of benzene rings is 2. The summed E-state index contributed by atoms with van der Waals surface area (Å²) in [6.45, 7) is 9.50. The topological polar surface area (TPSA) is 35.6 Å². The molecule has 2 aromatic carbocycles. The summed E-state index contributed by atoms with van der Waals surface area (Å²) in [4.78, 5) is 19.3. The lowest BCUT2D eigenvalue weighted by Gasteiger charge is -2.39. The Labute approximate surface area is 199 Å². The molecule has 0 radical (unpaired) electrons. The van der Waals surface area contributed by atoms with Gasteiger partial charge >= 0.3 is 0 Å². The summed E-state index contributed by atoms with van der Waals surface area (Å²) < 4.78 is 0. The normalized spacial score (nSPS) is 16.1. The standard InChI is InChI=1S/C26H30ClN3OS/c1-3-22-18-23(26(32-22)28-25(31)19-9-6-5-7-10-19)24(20-11-8-12-21(27)17-20)30-15-13-29(4-2)14-16-30/h5-12,17-18,24H,3-4,13-16H2,1-2H3,(H,28,31)/t24-/m1/s1. The third-order valence-electron chi connectivity index (χ3n) is 6.10. The number of hydrogen-bond donors (Lipinski definition) is 1. The molecule has 1 aromatic heterocycles. The molecule has 6 heteroatoms. The molecule has 32 heavy (non-hydrogen) atoms. The number of halogens is 1. The average molecular weight is 468 g/mol. The monoisotopic (exact) mass is 467 g/mol. The summed E-state index contributed by atoms with van der Waals surface area (Å²) in [5, 5.41) is 4.88. The molecule has 168 valence electrons. The van der Waals surface area contributed by atoms with Crippen LogP contribution in [-0.2, 0) is 6.42 Å². The first-order chi connectivity index (χ1) is 15.6. The molecule has 0 unspecified atom stereocenters. The molecular formula is C26H30ClN3OS. The second-order valence-corrected chi connectivity index (χ2v) is 9.67. The number of carbonyl (C=O) groups is 1. The van der Waals surface area contributed by atoms with E-state index in [9.17, 15) is 4.79 Å². The number of hydrogen-bond acceptors (Lipinski definition) is 4. The molecule has 0 spiro atoms. The summed E-state index contributed by atoms with van der Waals surface area (Å²) in [5.74, 6) is -0.0722. The summed E-state index contributed by atoms with van der Waals surface area (Å²) in [6, 6.07) is 19.9. The highest BCUT2D eigenvalue weighted by Gasteiger charge is 2.30. The summed E-state index contributed by atoms with van der Waals surface area (Å²) in [5.41, 5.74) is 2.99. The molecular weight excluding hydrogens is 438 g/mol. The third-order valence-corrected chi connectivity index (χ3v) is 7.55. The van der Waals surface area contributed by atoms with Crippen LogP contribution < -0.4 is 5.32 Å². The zero-order valence-corrected chi connectivity index (χ0v) is 20.3. The zero-order chi connectivity index (χ0) is 22.5. The van der Waals surface area contributed by atoms with Gasteiger partial charge in [0.15, 0.2) is 0 Å². The number of rotatable bonds is 7. The van der Waals surface area contributed by atoms with Crippen LogP contribution >= 0.6 is 22.9 Å². The lowest BCUT2D eigenvalue weighted by Crippen LogP contribution is -2.47. The predicted octanol–water partition coefficient (Wildman–Crippen LogP) is 5.94. The number of piperazine rings is 1. The van der Waals surface area contributed by atoms with Crippen LogP contribution in [0.4, 0.5) is 5.00 Å². The first-order valence-electron chi connectivity index (χ1n) is 11.3. The van der Waals surface area contributed by atoms with E-state index >= 15 is 0 Å². The van der Waals surface area contributed by atoms with Gasteiger partial charge < -0.3 is 10.2 Å². The molecule has 1 N–H and O–H groups in total. The largest absolute Gasteiger partial charge is 0.313 e. The minimum atomic E-state index is -0.0722. The van der Waals surface area contributed by atoms with Crippen molar-refractivity contribution in [2.75, 3.05) is 38.0 Å². The van der Waals surface area contributed by atoms with Crippen LogP contribution in [0.15, 0.2) is 60.7 Å². The van der Waals surface area contributed by atoms with Gasteiger partial charge in [0.25, 0.3) is 5.91 Å². The van der Waals surface area contributed by atoms with E-state index in [2.05, 4.69) is 47.2 Å². The van der Waals surface area contributed by atoms with Crippen molar-refractivity contribution in [2.45, 2.75) is 26.3 Å². The van der Waals surface area contributed by atoms with Crippen molar-refractivity contribution in [2.24, 2.45) is 0 Å². The quantitative estimate of drug-likeness (QED) is 0.466. The average Bonchev–Trinajstić information content (AvgIpc) is 3.22. The van der Waals surface area contributed by atoms with Crippen LogP contribution in [0.1, 0.15) is 46.3 Å². The van der Waals surface area contributed by atoms with Gasteiger partial charge in [-0.15, -0.1) is 11.3 Å². The fourth-order valence-electron chi connectivity index (χ4n) is 4.30. The molecule has 1 amide bonds. The van der Waals surface area contributed by atoms with Gasteiger partial charge in [0.2, 0.25) is 0 Å². The van der Waals surface area contributed by atoms with Crippen LogP contribution in [0.5, 0.6) is 0 Å². The van der Waals surface area contributed by atoms with E-state index < -0.39 is 0 Å². The predicted molar refractivity (Wildman–Crippen MR) is 135 cm³/mol. The van der Waals surface area contributed by atoms with E-state index in [1.54, 1.807) is 11.3 Å². The number of nitrogens with one attached hydrogen (secondary N) is 1. The van der Waals surface area contributed by atoms with E-state index in [1.807, 2.05) is 42.5 Å². The van der Waals surface area contributed by atoms with E-state index in [0.29, 0.717) is 5.56 Å². The molecule has 0 saturated carbocycles. The van der Waals surface area contributed by atoms with Crippen molar-refractivity contribution in [1.29, 1.82) is 0 Å². The molecule has 0 bridgehead atoms. The molecule has 1 atom stereocenters. The van der Waals surface area contributed by atoms with Gasteiger partial charge in [0.1, 0.15) is 5.00 Å². The zero-order valence-electron chi connectivity index (χ0n) is 18.7. The molecule has 4 rings (SSSR count). The number of likely N-dealkylation sites (N-methyl/N-ethyl adjacent to an activating group) is 1. The van der Waals surface area contributed by atoms with Crippen molar-refractivity contribution < 1.29 is 4.79 Å². The van der Waals surface area contributed by atoms with Gasteiger partial charge in [-0.25, -0.2) is 0 Å². The van der Waals surface area contributed by atoms with Gasteiger partial charge in [0.05, 0.1) is 6.04 Å². The lowest BCUT2D eigenvalue weighted by atomic mass is 9.97. The first-order valence-corrected chi connectivity index (χ1v) is 12.5. The van der Waals surface area contributed by atoms with Crippen LogP contribution in [0.25, 0.3) is 0 Å². The third kappa shape index (κ3) is 5.24. The Kier molecular flexibility index (Phi) is 7.63. The van der Waals surface area contributed by atoms with Crippen LogP contribution in [0.2, 0.25) is 5.02 Å².